The molecule has 1 aliphatic heterocycles. The van der Waals surface area contributed by atoms with E-state index in [2.05, 4.69) is 4.90 Å². The van der Waals surface area contributed by atoms with E-state index in [-0.39, 0.29) is 19.3 Å². The van der Waals surface area contributed by atoms with Gasteiger partial charge in [-0.2, -0.15) is 0 Å². The Hall–Kier alpha value is -1.10. The van der Waals surface area contributed by atoms with Gasteiger partial charge in [0.05, 0.1) is 32.5 Å². The summed E-state index contributed by atoms with van der Waals surface area (Å²) in [6, 6.07) is 6.00. The highest BCUT2D eigenvalue weighted by Crippen LogP contribution is 2.25. The number of nitrogens with zero attached hydrogens (tertiary/aromatic N) is 1. The van der Waals surface area contributed by atoms with E-state index >= 15 is 0 Å². The summed E-state index contributed by atoms with van der Waals surface area (Å²) < 4.78 is 5.36. The van der Waals surface area contributed by atoms with Gasteiger partial charge in [0.25, 0.3) is 0 Å². The Morgan fingerprint density at radius 2 is 2.24 bits per heavy atom. The molecule has 1 fully saturated rings. The Balaban J connectivity index is 2.30. The van der Waals surface area contributed by atoms with Crippen molar-refractivity contribution in [1.82, 2.24) is 0 Å². The molecule has 17 heavy (non-hydrogen) atoms. The van der Waals surface area contributed by atoms with Crippen LogP contribution >= 0.6 is 0 Å². The van der Waals surface area contributed by atoms with Gasteiger partial charge >= 0.3 is 0 Å². The molecule has 0 bridgehead atoms. The van der Waals surface area contributed by atoms with Crippen molar-refractivity contribution in [3.63, 3.8) is 0 Å². The van der Waals surface area contributed by atoms with Gasteiger partial charge in [-0.15, -0.1) is 0 Å². The smallest absolute Gasteiger partial charge is 0.0755 e. The lowest BCUT2D eigenvalue weighted by atomic mass is 10.1. The average molecular weight is 237 g/mol. The second-order valence-corrected chi connectivity index (χ2v) is 4.39. The van der Waals surface area contributed by atoms with Crippen molar-refractivity contribution in [2.24, 2.45) is 0 Å². The molecule has 94 valence electrons. The molecule has 1 unspecified atom stereocenters. The average Bonchev–Trinajstić information content (AvgIpc) is 2.38. The number of hydrogen-bond acceptors (Lipinski definition) is 4. The van der Waals surface area contributed by atoms with Crippen molar-refractivity contribution < 1.29 is 14.9 Å². The number of morpholine rings is 1. The minimum absolute atomic E-state index is 0.0169. The molecule has 0 amide bonds. The minimum Gasteiger partial charge on any atom is -0.394 e. The molecule has 0 saturated carbocycles. The Kier molecular flexibility index (Phi) is 3.99. The van der Waals surface area contributed by atoms with Crippen LogP contribution in [0.5, 0.6) is 0 Å². The van der Waals surface area contributed by atoms with E-state index in [0.717, 1.165) is 23.4 Å². The Morgan fingerprint density at radius 3 is 2.94 bits per heavy atom. The topological polar surface area (TPSA) is 52.9 Å². The third-order valence-electron chi connectivity index (χ3n) is 3.15. The molecule has 1 aromatic rings. The van der Waals surface area contributed by atoms with Crippen LogP contribution in [-0.2, 0) is 11.3 Å². The number of hydrogen-bond donors (Lipinski definition) is 2. The zero-order valence-electron chi connectivity index (χ0n) is 10.1. The minimum atomic E-state index is -0.0169. The zero-order valence-corrected chi connectivity index (χ0v) is 10.1. The fraction of sp³-hybridized carbons (Fsp3) is 0.538. The van der Waals surface area contributed by atoms with Crippen LogP contribution in [0.15, 0.2) is 18.2 Å². The fourth-order valence-corrected chi connectivity index (χ4v) is 2.24. The van der Waals surface area contributed by atoms with Crippen LogP contribution < -0.4 is 4.90 Å². The number of aliphatic hydroxyl groups excluding tert-OH is 2. The summed E-state index contributed by atoms with van der Waals surface area (Å²) in [4.78, 5) is 2.12. The lowest BCUT2D eigenvalue weighted by Crippen LogP contribution is -2.48. The Labute approximate surface area is 101 Å². The maximum absolute atomic E-state index is 9.41. The Morgan fingerprint density at radius 1 is 1.41 bits per heavy atom. The van der Waals surface area contributed by atoms with Gasteiger partial charge in [0.15, 0.2) is 0 Å². The quantitative estimate of drug-likeness (QED) is 0.812. The number of rotatable bonds is 3. The molecule has 4 heteroatoms. The first-order valence-electron chi connectivity index (χ1n) is 5.92. The molecule has 0 spiro atoms. The molecule has 0 aromatic heterocycles. The molecule has 0 aliphatic carbocycles. The first-order valence-corrected chi connectivity index (χ1v) is 5.92. The van der Waals surface area contributed by atoms with Crippen molar-refractivity contribution in [2.75, 3.05) is 31.3 Å². The van der Waals surface area contributed by atoms with Crippen LogP contribution in [0.3, 0.4) is 0 Å². The van der Waals surface area contributed by atoms with Crippen LogP contribution in [0.1, 0.15) is 11.1 Å². The highest BCUT2D eigenvalue weighted by atomic mass is 16.5. The molecule has 1 aromatic carbocycles. The summed E-state index contributed by atoms with van der Waals surface area (Å²) in [6.45, 7) is 4.04. The number of benzene rings is 1. The lowest BCUT2D eigenvalue weighted by molar-refractivity contribution is 0.0725. The van der Waals surface area contributed by atoms with E-state index < -0.39 is 0 Å². The lowest BCUT2D eigenvalue weighted by Gasteiger charge is -2.37. The first-order chi connectivity index (χ1) is 8.26. The second kappa shape index (κ2) is 5.49. The summed E-state index contributed by atoms with van der Waals surface area (Å²) >= 11 is 0. The largest absolute Gasteiger partial charge is 0.394 e. The van der Waals surface area contributed by atoms with Crippen LogP contribution in [0.25, 0.3) is 0 Å². The van der Waals surface area contributed by atoms with Crippen molar-refractivity contribution in [1.29, 1.82) is 0 Å². The fourth-order valence-electron chi connectivity index (χ4n) is 2.24. The number of aryl methyl sites for hydroxylation is 1. The van der Waals surface area contributed by atoms with Crippen LogP contribution in [0.2, 0.25) is 0 Å². The monoisotopic (exact) mass is 237 g/mol. The normalized spacial score (nSPS) is 20.6. The number of aliphatic hydroxyl groups is 2. The highest BCUT2D eigenvalue weighted by molar-refractivity contribution is 5.56. The molecule has 1 atom stereocenters. The predicted octanol–water partition coefficient (Wildman–Crippen LogP) is 0.685. The summed E-state index contributed by atoms with van der Waals surface area (Å²) in [5.41, 5.74) is 3.04. The zero-order chi connectivity index (χ0) is 12.3. The molecular weight excluding hydrogens is 218 g/mol. The highest BCUT2D eigenvalue weighted by Gasteiger charge is 2.24. The van der Waals surface area contributed by atoms with E-state index in [4.69, 9.17) is 4.74 Å². The second-order valence-electron chi connectivity index (χ2n) is 4.39. The molecule has 2 N–H and O–H groups in total. The summed E-state index contributed by atoms with van der Waals surface area (Å²) in [6.07, 6.45) is 0. The molecule has 0 radical (unpaired) electrons. The van der Waals surface area contributed by atoms with Gasteiger partial charge in [0, 0.05) is 17.8 Å². The summed E-state index contributed by atoms with van der Waals surface area (Å²) in [7, 11) is 0. The van der Waals surface area contributed by atoms with Crippen LogP contribution in [-0.4, -0.2) is 42.6 Å². The third-order valence-corrected chi connectivity index (χ3v) is 3.15. The maximum Gasteiger partial charge on any atom is 0.0755 e. The summed E-state index contributed by atoms with van der Waals surface area (Å²) in [5.74, 6) is 0. The van der Waals surface area contributed by atoms with Gasteiger partial charge in [-0.05, 0) is 13.0 Å². The van der Waals surface area contributed by atoms with Gasteiger partial charge < -0.3 is 19.8 Å². The van der Waals surface area contributed by atoms with E-state index in [9.17, 15) is 10.2 Å². The molecule has 2 rings (SSSR count). The van der Waals surface area contributed by atoms with Crippen molar-refractivity contribution in [3.8, 4) is 0 Å². The molecule has 1 heterocycles. The van der Waals surface area contributed by atoms with E-state index in [0.29, 0.717) is 13.2 Å². The standard InChI is InChI=1S/C13H19NO3/c1-10-2-3-13(11(6-10)7-15)14-4-5-17-9-12(14)8-16/h2-3,6,12,15-16H,4-5,7-9H2,1H3. The Bertz CT molecular complexity index is 381. The summed E-state index contributed by atoms with van der Waals surface area (Å²) in [5, 5.41) is 18.8. The molecule has 1 saturated heterocycles. The number of anilines is 1. The van der Waals surface area contributed by atoms with Gasteiger partial charge in [-0.25, -0.2) is 0 Å². The van der Waals surface area contributed by atoms with Gasteiger partial charge in [0.1, 0.15) is 0 Å². The van der Waals surface area contributed by atoms with Crippen LogP contribution in [0, 0.1) is 6.92 Å². The van der Waals surface area contributed by atoms with Crippen molar-refractivity contribution in [3.05, 3.63) is 29.3 Å². The SMILES string of the molecule is Cc1ccc(N2CCOCC2CO)c(CO)c1. The van der Waals surface area contributed by atoms with Crippen molar-refractivity contribution >= 4 is 5.69 Å². The van der Waals surface area contributed by atoms with E-state index in [1.807, 2.05) is 25.1 Å². The predicted molar refractivity (Wildman–Crippen MR) is 66.1 cm³/mol. The van der Waals surface area contributed by atoms with Gasteiger partial charge in [-0.1, -0.05) is 17.7 Å². The third kappa shape index (κ3) is 2.60. The van der Waals surface area contributed by atoms with Crippen LogP contribution in [0.4, 0.5) is 5.69 Å². The first kappa shape index (κ1) is 12.4. The van der Waals surface area contributed by atoms with Gasteiger partial charge in [0.2, 0.25) is 0 Å². The van der Waals surface area contributed by atoms with Gasteiger partial charge in [-0.3, -0.25) is 0 Å². The van der Waals surface area contributed by atoms with E-state index in [1.54, 1.807) is 0 Å². The molecular formula is C13H19NO3. The maximum atomic E-state index is 9.41. The van der Waals surface area contributed by atoms with Crippen molar-refractivity contribution in [2.45, 2.75) is 19.6 Å². The number of ether oxygens (including phenoxy) is 1. The van der Waals surface area contributed by atoms with E-state index in [1.165, 1.54) is 0 Å². The molecule has 1 aliphatic rings. The molecule has 4 nitrogen and oxygen atoms in total.